The van der Waals surface area contributed by atoms with Gasteiger partial charge >= 0.3 is 5.97 Å². The van der Waals surface area contributed by atoms with Gasteiger partial charge < -0.3 is 14.6 Å². The first-order valence-electron chi connectivity index (χ1n) is 7.02. The maximum absolute atomic E-state index is 12.6. The Bertz CT molecular complexity index is 670. The average molecular weight is 408 g/mol. The summed E-state index contributed by atoms with van der Waals surface area (Å²) in [4.78, 5) is 11.2. The van der Waals surface area contributed by atoms with Crippen molar-refractivity contribution in [2.45, 2.75) is 23.8 Å². The van der Waals surface area contributed by atoms with Gasteiger partial charge in [-0.3, -0.25) is 0 Å². The van der Waals surface area contributed by atoms with E-state index in [0.717, 1.165) is 0 Å². The monoisotopic (exact) mass is 407 g/mol. The molecule has 1 saturated heterocycles. The summed E-state index contributed by atoms with van der Waals surface area (Å²) >= 11 is 3.25. The molecule has 2 rings (SSSR count). The van der Waals surface area contributed by atoms with E-state index in [2.05, 4.69) is 20.7 Å². The predicted molar refractivity (Wildman–Crippen MR) is 85.7 cm³/mol. The molecule has 0 unspecified atom stereocenters. The SMILES string of the molecule is COC(=O)COc1ccc(S(=O)(=O)N2CCC(O)CC2)cc1Br. The molecule has 0 spiro atoms. The number of hydrogen-bond acceptors (Lipinski definition) is 6. The third kappa shape index (κ3) is 4.43. The summed E-state index contributed by atoms with van der Waals surface area (Å²) in [7, 11) is -2.36. The van der Waals surface area contributed by atoms with Crippen LogP contribution in [0.25, 0.3) is 0 Å². The number of sulfonamides is 1. The molecule has 1 N–H and O–H groups in total. The smallest absolute Gasteiger partial charge is 0.343 e. The topological polar surface area (TPSA) is 93.1 Å². The minimum Gasteiger partial charge on any atom is -0.481 e. The van der Waals surface area contributed by atoms with E-state index in [1.54, 1.807) is 0 Å². The number of esters is 1. The van der Waals surface area contributed by atoms with Gasteiger partial charge in [-0.25, -0.2) is 13.2 Å². The van der Waals surface area contributed by atoms with Gasteiger partial charge in [0.25, 0.3) is 0 Å². The van der Waals surface area contributed by atoms with E-state index in [1.165, 1.54) is 29.6 Å². The highest BCUT2D eigenvalue weighted by Gasteiger charge is 2.29. The fraction of sp³-hybridized carbons (Fsp3) is 0.500. The minimum absolute atomic E-state index is 0.131. The normalized spacial score (nSPS) is 17.0. The van der Waals surface area contributed by atoms with Crippen molar-refractivity contribution in [1.29, 1.82) is 0 Å². The maximum atomic E-state index is 12.6. The minimum atomic E-state index is -3.62. The van der Waals surface area contributed by atoms with Crippen LogP contribution >= 0.6 is 15.9 Å². The van der Waals surface area contributed by atoms with Crippen LogP contribution in [0.3, 0.4) is 0 Å². The van der Waals surface area contributed by atoms with Gasteiger partial charge in [0.15, 0.2) is 6.61 Å². The summed E-state index contributed by atoms with van der Waals surface area (Å²) in [6.45, 7) is 0.328. The van der Waals surface area contributed by atoms with Crippen molar-refractivity contribution >= 4 is 31.9 Å². The molecule has 0 saturated carbocycles. The number of ether oxygens (including phenoxy) is 2. The van der Waals surface area contributed by atoms with Crippen molar-refractivity contribution in [3.05, 3.63) is 22.7 Å². The quantitative estimate of drug-likeness (QED) is 0.735. The zero-order valence-corrected chi connectivity index (χ0v) is 15.0. The second-order valence-corrected chi connectivity index (χ2v) is 7.88. The third-order valence-corrected chi connectivity index (χ3v) is 6.05. The second-order valence-electron chi connectivity index (χ2n) is 5.09. The Morgan fingerprint density at radius 1 is 1.39 bits per heavy atom. The van der Waals surface area contributed by atoms with E-state index >= 15 is 0 Å². The Morgan fingerprint density at radius 2 is 2.04 bits per heavy atom. The van der Waals surface area contributed by atoms with Crippen LogP contribution in [0, 0.1) is 0 Å². The van der Waals surface area contributed by atoms with E-state index in [9.17, 15) is 18.3 Å². The molecule has 1 heterocycles. The van der Waals surface area contributed by atoms with E-state index in [4.69, 9.17) is 4.74 Å². The summed E-state index contributed by atoms with van der Waals surface area (Å²) < 4.78 is 36.7. The molecule has 9 heteroatoms. The number of carbonyl (C=O) groups is 1. The van der Waals surface area contributed by atoms with Crippen LogP contribution in [0.4, 0.5) is 0 Å². The van der Waals surface area contributed by atoms with Crippen molar-refractivity contribution in [2.75, 3.05) is 26.8 Å². The molecule has 1 aromatic rings. The first-order valence-corrected chi connectivity index (χ1v) is 9.25. The number of methoxy groups -OCH3 is 1. The molecule has 23 heavy (non-hydrogen) atoms. The number of aliphatic hydroxyl groups is 1. The molecule has 0 aliphatic carbocycles. The molecule has 1 aliphatic rings. The lowest BCUT2D eigenvalue weighted by molar-refractivity contribution is -0.142. The van der Waals surface area contributed by atoms with Gasteiger partial charge in [0.2, 0.25) is 10.0 Å². The number of hydrogen-bond donors (Lipinski definition) is 1. The van der Waals surface area contributed by atoms with Crippen molar-refractivity contribution in [1.82, 2.24) is 4.31 Å². The summed E-state index contributed by atoms with van der Waals surface area (Å²) in [5, 5.41) is 9.48. The highest BCUT2D eigenvalue weighted by molar-refractivity contribution is 9.10. The van der Waals surface area contributed by atoms with E-state index < -0.39 is 22.1 Å². The number of rotatable bonds is 5. The Labute approximate surface area is 143 Å². The summed E-state index contributed by atoms with van der Waals surface area (Å²) in [5.41, 5.74) is 0. The number of carbonyl (C=O) groups excluding carboxylic acids is 1. The number of piperidine rings is 1. The summed E-state index contributed by atoms with van der Waals surface area (Å²) in [5.74, 6) is -0.177. The molecule has 1 fully saturated rings. The lowest BCUT2D eigenvalue weighted by Crippen LogP contribution is -2.39. The number of benzene rings is 1. The average Bonchev–Trinajstić information content (AvgIpc) is 2.53. The Kier molecular flexibility index (Phi) is 6.01. The summed E-state index contributed by atoms with van der Waals surface area (Å²) in [6, 6.07) is 4.35. The van der Waals surface area contributed by atoms with Crippen LogP contribution in [0.1, 0.15) is 12.8 Å². The van der Waals surface area contributed by atoms with Crippen LogP contribution in [0.2, 0.25) is 0 Å². The van der Waals surface area contributed by atoms with Crippen molar-refractivity contribution < 1.29 is 27.8 Å². The largest absolute Gasteiger partial charge is 0.481 e. The fourth-order valence-electron chi connectivity index (χ4n) is 2.19. The first-order chi connectivity index (χ1) is 10.8. The third-order valence-electron chi connectivity index (χ3n) is 3.54. The van der Waals surface area contributed by atoms with Gasteiger partial charge in [0, 0.05) is 13.1 Å². The molecular formula is C14H18BrNO6S. The molecule has 128 valence electrons. The molecule has 0 bridgehead atoms. The maximum Gasteiger partial charge on any atom is 0.343 e. The van der Waals surface area contributed by atoms with Crippen LogP contribution in [0.5, 0.6) is 5.75 Å². The van der Waals surface area contributed by atoms with Gasteiger partial charge in [0.1, 0.15) is 5.75 Å². The first kappa shape index (κ1) is 18.2. The van der Waals surface area contributed by atoms with E-state index in [0.29, 0.717) is 36.2 Å². The van der Waals surface area contributed by atoms with Crippen molar-refractivity contribution in [2.24, 2.45) is 0 Å². The van der Waals surface area contributed by atoms with Crippen molar-refractivity contribution in [3.8, 4) is 5.75 Å². The molecule has 1 aliphatic heterocycles. The standard InChI is InChI=1S/C14H18BrNO6S/c1-21-14(18)9-22-13-3-2-11(8-12(13)15)23(19,20)16-6-4-10(17)5-7-16/h2-3,8,10,17H,4-7,9H2,1H3. The van der Waals surface area contributed by atoms with Gasteiger partial charge in [-0.1, -0.05) is 0 Å². The van der Waals surface area contributed by atoms with Gasteiger partial charge in [-0.15, -0.1) is 0 Å². The Balaban J connectivity index is 2.14. The number of nitrogens with zero attached hydrogens (tertiary/aromatic N) is 1. The number of halogens is 1. The lowest BCUT2D eigenvalue weighted by Gasteiger charge is -2.28. The van der Waals surface area contributed by atoms with E-state index in [-0.39, 0.29) is 11.5 Å². The van der Waals surface area contributed by atoms with Crippen LogP contribution < -0.4 is 4.74 Å². The second kappa shape index (κ2) is 7.61. The molecule has 0 aromatic heterocycles. The zero-order valence-electron chi connectivity index (χ0n) is 12.6. The summed E-state index contributed by atoms with van der Waals surface area (Å²) in [6.07, 6.45) is 0.420. The van der Waals surface area contributed by atoms with Crippen LogP contribution in [0.15, 0.2) is 27.6 Å². The molecule has 0 amide bonds. The lowest BCUT2D eigenvalue weighted by atomic mass is 10.1. The van der Waals surface area contributed by atoms with Gasteiger partial charge in [-0.05, 0) is 47.0 Å². The van der Waals surface area contributed by atoms with Crippen LogP contribution in [-0.2, 0) is 19.6 Å². The molecule has 1 aromatic carbocycles. The van der Waals surface area contributed by atoms with Gasteiger partial charge in [-0.2, -0.15) is 4.31 Å². The highest BCUT2D eigenvalue weighted by Crippen LogP contribution is 2.30. The molecule has 0 atom stereocenters. The van der Waals surface area contributed by atoms with Crippen LogP contribution in [-0.4, -0.2) is 56.7 Å². The molecule has 0 radical (unpaired) electrons. The fourth-order valence-corrected chi connectivity index (χ4v) is 4.33. The van der Waals surface area contributed by atoms with E-state index in [1.807, 2.05) is 0 Å². The highest BCUT2D eigenvalue weighted by atomic mass is 79.9. The predicted octanol–water partition coefficient (Wildman–Crippen LogP) is 1.15. The number of aliphatic hydroxyl groups excluding tert-OH is 1. The van der Waals surface area contributed by atoms with Gasteiger partial charge in [0.05, 0.1) is 22.6 Å². The molecule has 7 nitrogen and oxygen atoms in total. The zero-order chi connectivity index (χ0) is 17.0. The van der Waals surface area contributed by atoms with Crippen molar-refractivity contribution in [3.63, 3.8) is 0 Å². The molecular weight excluding hydrogens is 390 g/mol. The Morgan fingerprint density at radius 3 is 2.61 bits per heavy atom. The Hall–Kier alpha value is -1.16.